The highest BCUT2D eigenvalue weighted by molar-refractivity contribution is 7.91. The lowest BCUT2D eigenvalue weighted by Crippen LogP contribution is -2.43. The summed E-state index contributed by atoms with van der Waals surface area (Å²) in [7, 11) is -3.56. The lowest BCUT2D eigenvalue weighted by molar-refractivity contribution is -0.120. The van der Waals surface area contributed by atoms with E-state index in [9.17, 15) is 13.2 Å². The summed E-state index contributed by atoms with van der Waals surface area (Å²) in [6, 6.07) is 10.6. The second-order valence-electron chi connectivity index (χ2n) is 6.68. The van der Waals surface area contributed by atoms with E-state index in [1.54, 1.807) is 42.5 Å². The number of benzene rings is 1. The molecule has 3 rings (SSSR count). The van der Waals surface area contributed by atoms with Crippen LogP contribution in [0.25, 0.3) is 0 Å². The maximum absolute atomic E-state index is 12.9. The van der Waals surface area contributed by atoms with Crippen molar-refractivity contribution in [2.24, 2.45) is 5.92 Å². The van der Waals surface area contributed by atoms with Gasteiger partial charge < -0.3 is 10.1 Å². The molecule has 1 fully saturated rings. The normalized spacial score (nSPS) is 17.8. The first-order chi connectivity index (χ1) is 13.4. The molecule has 150 valence electrons. The van der Waals surface area contributed by atoms with E-state index in [0.717, 1.165) is 4.88 Å². The highest BCUT2D eigenvalue weighted by Crippen LogP contribution is 2.29. The molecule has 0 spiro atoms. The molecule has 1 aromatic heterocycles. The number of carbonyl (C=O) groups excluding carboxylic acids is 1. The largest absolute Gasteiger partial charge is 0.489 e. The number of piperidine rings is 1. The van der Waals surface area contributed by atoms with Crippen LogP contribution in [-0.2, 0) is 14.8 Å². The number of rotatable bonds is 7. The van der Waals surface area contributed by atoms with Gasteiger partial charge in [-0.1, -0.05) is 18.7 Å². The number of ether oxygens (including phenoxy) is 1. The standard InChI is InChI=1S/C20H24N2O4S2/c1-3-12-26-18-8-4-7-17(13-18)21-20(23)16-6-5-11-22(14-16)28(24,25)19-10-9-15(2)27-19/h3-4,7-10,13,16H,1,5-6,11-12,14H2,2H3,(H,21,23). The smallest absolute Gasteiger partial charge is 0.252 e. The highest BCUT2D eigenvalue weighted by Gasteiger charge is 2.34. The van der Waals surface area contributed by atoms with Crippen molar-refractivity contribution in [3.8, 4) is 5.75 Å². The van der Waals surface area contributed by atoms with Gasteiger partial charge in [-0.2, -0.15) is 4.31 Å². The van der Waals surface area contributed by atoms with Crippen molar-refractivity contribution in [3.05, 3.63) is 53.9 Å². The first kappa shape index (κ1) is 20.6. The fourth-order valence-electron chi connectivity index (χ4n) is 3.12. The van der Waals surface area contributed by atoms with E-state index in [2.05, 4.69) is 11.9 Å². The molecule has 8 heteroatoms. The molecule has 2 heterocycles. The van der Waals surface area contributed by atoms with E-state index in [1.165, 1.54) is 15.6 Å². The van der Waals surface area contributed by atoms with Crippen molar-refractivity contribution in [2.45, 2.75) is 24.0 Å². The van der Waals surface area contributed by atoms with Gasteiger partial charge >= 0.3 is 0 Å². The SMILES string of the molecule is C=CCOc1cccc(NC(=O)C2CCCN(S(=O)(=O)c3ccc(C)s3)C2)c1. The van der Waals surface area contributed by atoms with Crippen LogP contribution in [0.5, 0.6) is 5.75 Å². The van der Waals surface area contributed by atoms with Crippen LogP contribution < -0.4 is 10.1 Å². The fraction of sp³-hybridized carbons (Fsp3) is 0.350. The Labute approximate surface area is 169 Å². The second-order valence-corrected chi connectivity index (χ2v) is 10.1. The van der Waals surface area contributed by atoms with Gasteiger partial charge in [0.15, 0.2) is 0 Å². The Bertz CT molecular complexity index is 953. The molecule has 0 saturated carbocycles. The van der Waals surface area contributed by atoms with Crippen LogP contribution in [0.3, 0.4) is 0 Å². The number of anilines is 1. The van der Waals surface area contributed by atoms with E-state index < -0.39 is 10.0 Å². The molecular weight excluding hydrogens is 396 g/mol. The molecule has 0 aliphatic carbocycles. The van der Waals surface area contributed by atoms with Crippen molar-refractivity contribution < 1.29 is 17.9 Å². The molecule has 6 nitrogen and oxygen atoms in total. The molecule has 28 heavy (non-hydrogen) atoms. The number of sulfonamides is 1. The first-order valence-electron chi connectivity index (χ1n) is 9.11. The van der Waals surface area contributed by atoms with Crippen molar-refractivity contribution in [1.82, 2.24) is 4.31 Å². The van der Waals surface area contributed by atoms with Crippen LogP contribution in [0.15, 0.2) is 53.3 Å². The minimum atomic E-state index is -3.56. The molecule has 1 N–H and O–H groups in total. The van der Waals surface area contributed by atoms with Gasteiger partial charge in [0.05, 0.1) is 5.92 Å². The van der Waals surface area contributed by atoms with Crippen LogP contribution in [-0.4, -0.2) is 38.3 Å². The zero-order valence-electron chi connectivity index (χ0n) is 15.8. The Morgan fingerprint density at radius 2 is 2.21 bits per heavy atom. The van der Waals surface area contributed by atoms with Crippen molar-refractivity contribution in [2.75, 3.05) is 25.0 Å². The molecule has 0 bridgehead atoms. The monoisotopic (exact) mass is 420 g/mol. The van der Waals surface area contributed by atoms with Gasteiger partial charge in [0.2, 0.25) is 5.91 Å². The zero-order chi connectivity index (χ0) is 20.1. The molecule has 1 aliphatic rings. The van der Waals surface area contributed by atoms with Gasteiger partial charge in [-0.3, -0.25) is 4.79 Å². The molecule has 1 atom stereocenters. The number of carbonyl (C=O) groups is 1. The van der Waals surface area contributed by atoms with Crippen molar-refractivity contribution >= 4 is 33.0 Å². The van der Waals surface area contributed by atoms with E-state index in [0.29, 0.717) is 41.6 Å². The maximum atomic E-state index is 12.9. The Hall–Kier alpha value is -2.16. The predicted octanol–water partition coefficient (Wildman–Crippen LogP) is 3.66. The summed E-state index contributed by atoms with van der Waals surface area (Å²) < 4.78 is 32.9. The van der Waals surface area contributed by atoms with Gasteiger partial charge in [-0.15, -0.1) is 11.3 Å². The van der Waals surface area contributed by atoms with Crippen LogP contribution in [0.2, 0.25) is 0 Å². The molecule has 1 aromatic carbocycles. The molecule has 1 unspecified atom stereocenters. The van der Waals surface area contributed by atoms with Crippen LogP contribution >= 0.6 is 11.3 Å². The third kappa shape index (κ3) is 4.81. The Morgan fingerprint density at radius 1 is 1.39 bits per heavy atom. The van der Waals surface area contributed by atoms with Gasteiger partial charge in [0.1, 0.15) is 16.6 Å². The number of aryl methyl sites for hydroxylation is 1. The number of nitrogens with one attached hydrogen (secondary N) is 1. The number of nitrogens with zero attached hydrogens (tertiary/aromatic N) is 1. The minimum absolute atomic E-state index is 0.178. The molecule has 1 amide bonds. The number of amides is 1. The van der Waals surface area contributed by atoms with Crippen LogP contribution in [0.1, 0.15) is 17.7 Å². The lowest BCUT2D eigenvalue weighted by Gasteiger charge is -2.30. The van der Waals surface area contributed by atoms with Gasteiger partial charge in [-0.25, -0.2) is 8.42 Å². The summed E-state index contributed by atoms with van der Waals surface area (Å²) in [5, 5.41) is 2.88. The molecule has 1 aliphatic heterocycles. The second kappa shape index (κ2) is 8.89. The van der Waals surface area contributed by atoms with Gasteiger partial charge in [0, 0.05) is 29.7 Å². The van der Waals surface area contributed by atoms with Crippen molar-refractivity contribution in [1.29, 1.82) is 0 Å². The molecule has 2 aromatic rings. The number of thiophene rings is 1. The lowest BCUT2D eigenvalue weighted by atomic mass is 9.98. The number of hydrogen-bond donors (Lipinski definition) is 1. The van der Waals surface area contributed by atoms with Gasteiger partial charge in [0.25, 0.3) is 10.0 Å². The fourth-order valence-corrected chi connectivity index (χ4v) is 6.08. The summed E-state index contributed by atoms with van der Waals surface area (Å²) >= 11 is 1.26. The van der Waals surface area contributed by atoms with E-state index in [4.69, 9.17) is 4.74 Å². The average Bonchev–Trinajstić information content (AvgIpc) is 3.14. The van der Waals surface area contributed by atoms with Crippen LogP contribution in [0.4, 0.5) is 5.69 Å². The molecule has 0 radical (unpaired) electrons. The topological polar surface area (TPSA) is 75.7 Å². The molecule has 1 saturated heterocycles. The molecular formula is C20H24N2O4S2. The highest BCUT2D eigenvalue weighted by atomic mass is 32.2. The Morgan fingerprint density at radius 3 is 2.93 bits per heavy atom. The third-order valence-electron chi connectivity index (χ3n) is 4.53. The predicted molar refractivity (Wildman–Crippen MR) is 111 cm³/mol. The summed E-state index contributed by atoms with van der Waals surface area (Å²) in [4.78, 5) is 13.7. The quantitative estimate of drug-likeness (QED) is 0.694. The summed E-state index contributed by atoms with van der Waals surface area (Å²) in [6.45, 7) is 6.50. The average molecular weight is 421 g/mol. The minimum Gasteiger partial charge on any atom is -0.489 e. The number of hydrogen-bond acceptors (Lipinski definition) is 5. The first-order valence-corrected chi connectivity index (χ1v) is 11.4. The van der Waals surface area contributed by atoms with Gasteiger partial charge in [-0.05, 0) is 44.0 Å². The summed E-state index contributed by atoms with van der Waals surface area (Å²) in [5.41, 5.74) is 0.625. The summed E-state index contributed by atoms with van der Waals surface area (Å²) in [6.07, 6.45) is 2.97. The third-order valence-corrected chi connectivity index (χ3v) is 7.87. The van der Waals surface area contributed by atoms with E-state index >= 15 is 0 Å². The van der Waals surface area contributed by atoms with E-state index in [1.807, 2.05) is 6.92 Å². The Kier molecular flexibility index (Phi) is 6.53. The summed E-state index contributed by atoms with van der Waals surface area (Å²) in [5.74, 6) is 0.0732. The Balaban J connectivity index is 1.67. The zero-order valence-corrected chi connectivity index (χ0v) is 17.4. The van der Waals surface area contributed by atoms with Crippen molar-refractivity contribution in [3.63, 3.8) is 0 Å². The maximum Gasteiger partial charge on any atom is 0.252 e. The van der Waals surface area contributed by atoms with E-state index in [-0.39, 0.29) is 18.4 Å². The van der Waals surface area contributed by atoms with Crippen LogP contribution in [0, 0.1) is 12.8 Å².